The van der Waals surface area contributed by atoms with Gasteiger partial charge < -0.3 is 0 Å². The van der Waals surface area contributed by atoms with E-state index in [9.17, 15) is 4.57 Å². The molecule has 94 valence electrons. The molecule has 5 nitrogen and oxygen atoms in total. The molecule has 0 aromatic heterocycles. The molecule has 0 rings (SSSR count). The standard InChI is InChI=1S/C9H19ClN3O2P/c1-8(2)13(9(3)4)16(10,14)12-15-7-5-6-11/h8-9H,5,7H2,1-4H3,(H,12,14). The number of nitrogens with zero attached hydrogens (tertiary/aromatic N) is 2. The Balaban J connectivity index is 4.38. The van der Waals surface area contributed by atoms with Crippen molar-refractivity contribution in [3.8, 4) is 6.07 Å². The summed E-state index contributed by atoms with van der Waals surface area (Å²) in [6.45, 7) is 4.57. The summed E-state index contributed by atoms with van der Waals surface area (Å²) < 4.78 is 13.8. The molecule has 0 aromatic carbocycles. The zero-order valence-electron chi connectivity index (χ0n) is 10.1. The Morgan fingerprint density at radius 3 is 2.31 bits per heavy atom. The van der Waals surface area contributed by atoms with E-state index >= 15 is 0 Å². The van der Waals surface area contributed by atoms with Crippen molar-refractivity contribution in [2.45, 2.75) is 46.2 Å². The largest absolute Gasteiger partial charge is 0.324 e. The van der Waals surface area contributed by atoms with Crippen molar-refractivity contribution in [2.75, 3.05) is 6.61 Å². The fraction of sp³-hybridized carbons (Fsp3) is 0.889. The van der Waals surface area contributed by atoms with Gasteiger partial charge in [-0.3, -0.25) is 9.40 Å². The van der Waals surface area contributed by atoms with Crippen molar-refractivity contribution >= 4 is 18.0 Å². The highest BCUT2D eigenvalue weighted by molar-refractivity contribution is 7.85. The van der Waals surface area contributed by atoms with Gasteiger partial charge in [-0.15, -0.1) is 5.25 Å². The number of rotatable bonds is 7. The summed E-state index contributed by atoms with van der Waals surface area (Å²) >= 11 is 5.93. The van der Waals surface area contributed by atoms with Crippen molar-refractivity contribution < 1.29 is 9.40 Å². The fourth-order valence-corrected chi connectivity index (χ4v) is 4.19. The monoisotopic (exact) mass is 267 g/mol. The van der Waals surface area contributed by atoms with E-state index in [2.05, 4.69) is 5.25 Å². The smallest absolute Gasteiger partial charge is 0.292 e. The van der Waals surface area contributed by atoms with E-state index in [1.165, 1.54) is 0 Å². The summed E-state index contributed by atoms with van der Waals surface area (Å²) in [7, 11) is 0. The summed E-state index contributed by atoms with van der Waals surface area (Å²) in [6.07, 6.45) is 0.229. The average Bonchev–Trinajstić information content (AvgIpc) is 2.10. The molecule has 0 amide bonds. The maximum atomic E-state index is 12.1. The third-order valence-electron chi connectivity index (χ3n) is 1.85. The summed E-state index contributed by atoms with van der Waals surface area (Å²) in [4.78, 5) is 4.91. The van der Waals surface area contributed by atoms with Crippen LogP contribution < -0.4 is 5.25 Å². The van der Waals surface area contributed by atoms with Gasteiger partial charge in [-0.1, -0.05) is 0 Å². The number of halogens is 1. The molecule has 0 aliphatic carbocycles. The summed E-state index contributed by atoms with van der Waals surface area (Å²) in [6, 6.07) is 1.99. The minimum absolute atomic E-state index is 0.0374. The predicted octanol–water partition coefficient (Wildman–Crippen LogP) is 2.89. The maximum absolute atomic E-state index is 12.1. The minimum Gasteiger partial charge on any atom is -0.292 e. The number of hydrogen-bond acceptors (Lipinski definition) is 3. The Bertz CT molecular complexity index is 283. The second kappa shape index (κ2) is 7.26. The van der Waals surface area contributed by atoms with Gasteiger partial charge in [0, 0.05) is 12.1 Å². The number of nitrogens with one attached hydrogen (secondary N) is 1. The van der Waals surface area contributed by atoms with Crippen molar-refractivity contribution in [3.63, 3.8) is 0 Å². The van der Waals surface area contributed by atoms with Crippen molar-refractivity contribution in [2.24, 2.45) is 0 Å². The van der Waals surface area contributed by atoms with Crippen LogP contribution in [0.3, 0.4) is 0 Å². The molecule has 7 heteroatoms. The third kappa shape index (κ3) is 5.29. The lowest BCUT2D eigenvalue weighted by molar-refractivity contribution is 0.0896. The molecule has 0 radical (unpaired) electrons. The molecular weight excluding hydrogens is 249 g/mol. The second-order valence-electron chi connectivity index (χ2n) is 3.92. The SMILES string of the molecule is CC(C)N(C(C)C)P(=O)(Cl)NOCCC#N. The Morgan fingerprint density at radius 2 is 1.94 bits per heavy atom. The molecule has 0 spiro atoms. The summed E-state index contributed by atoms with van der Waals surface area (Å²) in [5.74, 6) is 0. The third-order valence-corrected chi connectivity index (χ3v) is 4.45. The minimum atomic E-state index is -3.23. The van der Waals surface area contributed by atoms with Crippen molar-refractivity contribution in [1.82, 2.24) is 9.92 Å². The highest BCUT2D eigenvalue weighted by atomic mass is 35.7. The first-order valence-electron chi connectivity index (χ1n) is 5.17. The first-order chi connectivity index (χ1) is 7.33. The molecule has 0 saturated carbocycles. The Morgan fingerprint density at radius 1 is 1.44 bits per heavy atom. The van der Waals surface area contributed by atoms with Gasteiger partial charge >= 0.3 is 6.80 Å². The summed E-state index contributed by atoms with van der Waals surface area (Å²) in [5.41, 5.74) is 0. The van der Waals surface area contributed by atoms with Gasteiger partial charge in [0.1, 0.15) is 0 Å². The van der Waals surface area contributed by atoms with E-state index in [4.69, 9.17) is 21.3 Å². The summed E-state index contributed by atoms with van der Waals surface area (Å²) in [5, 5.41) is 10.7. The molecule has 0 aliphatic heterocycles. The van der Waals surface area contributed by atoms with E-state index in [0.29, 0.717) is 0 Å². The molecular formula is C9H19ClN3O2P. The lowest BCUT2D eigenvalue weighted by Gasteiger charge is -2.33. The number of nitriles is 1. The zero-order chi connectivity index (χ0) is 12.8. The van der Waals surface area contributed by atoms with E-state index < -0.39 is 6.80 Å². The fourth-order valence-electron chi connectivity index (χ4n) is 1.46. The quantitative estimate of drug-likeness (QED) is 0.436. The van der Waals surface area contributed by atoms with Gasteiger partial charge in [0.2, 0.25) is 0 Å². The predicted molar refractivity (Wildman–Crippen MR) is 64.9 cm³/mol. The molecule has 1 N–H and O–H groups in total. The molecule has 1 unspecified atom stereocenters. The molecule has 16 heavy (non-hydrogen) atoms. The zero-order valence-corrected chi connectivity index (χ0v) is 11.8. The van der Waals surface area contributed by atoms with Crippen LogP contribution in [-0.4, -0.2) is 23.4 Å². The van der Waals surface area contributed by atoms with E-state index in [1.807, 2.05) is 33.8 Å². The van der Waals surface area contributed by atoms with Crippen LogP contribution in [0.1, 0.15) is 34.1 Å². The van der Waals surface area contributed by atoms with Crippen LogP contribution in [-0.2, 0) is 9.40 Å². The molecule has 0 saturated heterocycles. The highest BCUT2D eigenvalue weighted by Crippen LogP contribution is 2.53. The molecule has 0 heterocycles. The first kappa shape index (κ1) is 15.9. The van der Waals surface area contributed by atoms with Gasteiger partial charge in [0.25, 0.3) is 0 Å². The van der Waals surface area contributed by atoms with E-state index in [-0.39, 0.29) is 25.1 Å². The molecule has 1 atom stereocenters. The maximum Gasteiger partial charge on any atom is 0.324 e. The van der Waals surface area contributed by atoms with Gasteiger partial charge in [-0.05, 0) is 38.9 Å². The van der Waals surface area contributed by atoms with E-state index in [0.717, 1.165) is 0 Å². The van der Waals surface area contributed by atoms with Crippen LogP contribution in [0.5, 0.6) is 0 Å². The molecule has 0 aromatic rings. The van der Waals surface area contributed by atoms with E-state index in [1.54, 1.807) is 4.67 Å². The van der Waals surface area contributed by atoms with Crippen LogP contribution in [0.2, 0.25) is 0 Å². The Labute approximate surface area is 102 Å². The number of hydrogen-bond donors (Lipinski definition) is 1. The van der Waals surface area contributed by atoms with Gasteiger partial charge in [0.05, 0.1) is 19.1 Å². The molecule has 0 aliphatic rings. The van der Waals surface area contributed by atoms with Gasteiger partial charge in [-0.2, -0.15) is 5.26 Å². The second-order valence-corrected chi connectivity index (χ2v) is 6.94. The van der Waals surface area contributed by atoms with Crippen LogP contribution in [0.4, 0.5) is 0 Å². The van der Waals surface area contributed by atoms with Crippen molar-refractivity contribution in [3.05, 3.63) is 0 Å². The van der Waals surface area contributed by atoms with Crippen LogP contribution in [0, 0.1) is 11.3 Å². The molecule has 0 bridgehead atoms. The van der Waals surface area contributed by atoms with Gasteiger partial charge in [-0.25, -0.2) is 4.67 Å². The Kier molecular flexibility index (Phi) is 7.21. The van der Waals surface area contributed by atoms with Crippen molar-refractivity contribution in [1.29, 1.82) is 5.26 Å². The average molecular weight is 268 g/mol. The highest BCUT2D eigenvalue weighted by Gasteiger charge is 2.32. The van der Waals surface area contributed by atoms with Crippen LogP contribution in [0.25, 0.3) is 0 Å². The lowest BCUT2D eigenvalue weighted by Crippen LogP contribution is -2.36. The Hall–Kier alpha value is -0.110. The lowest BCUT2D eigenvalue weighted by atomic mass is 10.3. The molecule has 0 fully saturated rings. The first-order valence-corrected chi connectivity index (χ1v) is 7.74. The van der Waals surface area contributed by atoms with Crippen LogP contribution in [0.15, 0.2) is 0 Å². The normalized spacial score (nSPS) is 15.4. The van der Waals surface area contributed by atoms with Gasteiger partial charge in [0.15, 0.2) is 0 Å². The van der Waals surface area contributed by atoms with Crippen LogP contribution >= 0.6 is 18.0 Å². The topological polar surface area (TPSA) is 65.4 Å².